The van der Waals surface area contributed by atoms with E-state index in [2.05, 4.69) is 10.6 Å². The molecule has 0 heterocycles. The number of aryl methyl sites for hydroxylation is 2. The van der Waals surface area contributed by atoms with E-state index in [1.807, 2.05) is 62.4 Å². The maximum atomic E-state index is 12.5. The largest absolute Gasteiger partial charge is 0.350 e. The molecular formula is C20H24N2O2S. The second kappa shape index (κ2) is 9.28. The topological polar surface area (TPSA) is 58.2 Å². The van der Waals surface area contributed by atoms with Gasteiger partial charge >= 0.3 is 0 Å². The van der Waals surface area contributed by atoms with Crippen LogP contribution in [-0.2, 0) is 16.1 Å². The predicted octanol–water partition coefficient (Wildman–Crippen LogP) is 3.22. The number of benzene rings is 2. The molecule has 1 unspecified atom stereocenters. The highest BCUT2D eigenvalue weighted by molar-refractivity contribution is 7.99. The average Bonchev–Trinajstić information content (AvgIpc) is 2.59. The Bertz CT molecular complexity index is 711. The van der Waals surface area contributed by atoms with Crippen LogP contribution in [0, 0.1) is 13.8 Å². The SMILES string of the molecule is CC(=O)NC(CSc1ccc(C)cc1)C(=O)NCc1ccc(C)cc1. The van der Waals surface area contributed by atoms with Gasteiger partial charge in [-0.3, -0.25) is 9.59 Å². The molecule has 2 amide bonds. The Balaban J connectivity index is 1.92. The first-order chi connectivity index (χ1) is 11.9. The highest BCUT2D eigenvalue weighted by atomic mass is 32.2. The monoisotopic (exact) mass is 356 g/mol. The summed E-state index contributed by atoms with van der Waals surface area (Å²) in [6, 6.07) is 15.6. The van der Waals surface area contributed by atoms with E-state index in [1.54, 1.807) is 11.8 Å². The van der Waals surface area contributed by atoms with Crippen LogP contribution in [0.3, 0.4) is 0 Å². The van der Waals surface area contributed by atoms with Crippen LogP contribution in [0.25, 0.3) is 0 Å². The molecule has 0 bridgehead atoms. The molecule has 0 radical (unpaired) electrons. The molecule has 2 aromatic carbocycles. The van der Waals surface area contributed by atoms with Crippen molar-refractivity contribution in [3.8, 4) is 0 Å². The minimum absolute atomic E-state index is 0.171. The lowest BCUT2D eigenvalue weighted by atomic mass is 10.1. The smallest absolute Gasteiger partial charge is 0.243 e. The molecule has 0 fully saturated rings. The van der Waals surface area contributed by atoms with Crippen LogP contribution >= 0.6 is 11.8 Å². The first-order valence-electron chi connectivity index (χ1n) is 8.24. The van der Waals surface area contributed by atoms with Crippen molar-refractivity contribution in [1.29, 1.82) is 0 Å². The highest BCUT2D eigenvalue weighted by Crippen LogP contribution is 2.19. The summed E-state index contributed by atoms with van der Waals surface area (Å²) >= 11 is 1.56. The molecule has 25 heavy (non-hydrogen) atoms. The van der Waals surface area contributed by atoms with Crippen LogP contribution in [0.15, 0.2) is 53.4 Å². The number of rotatable bonds is 7. The van der Waals surface area contributed by atoms with Crippen LogP contribution in [0.2, 0.25) is 0 Å². The van der Waals surface area contributed by atoms with Crippen LogP contribution in [0.4, 0.5) is 0 Å². The Morgan fingerprint density at radius 2 is 1.52 bits per heavy atom. The molecule has 0 aliphatic rings. The Morgan fingerprint density at radius 3 is 2.08 bits per heavy atom. The van der Waals surface area contributed by atoms with Gasteiger partial charge in [0.2, 0.25) is 11.8 Å². The Hall–Kier alpha value is -2.27. The Labute approximate surface area is 153 Å². The number of nitrogens with one attached hydrogen (secondary N) is 2. The fourth-order valence-corrected chi connectivity index (χ4v) is 3.18. The molecule has 0 saturated heterocycles. The lowest BCUT2D eigenvalue weighted by Crippen LogP contribution is -2.47. The molecule has 4 nitrogen and oxygen atoms in total. The lowest BCUT2D eigenvalue weighted by molar-refractivity contribution is -0.127. The summed E-state index contributed by atoms with van der Waals surface area (Å²) in [5.41, 5.74) is 3.41. The van der Waals surface area contributed by atoms with Crippen molar-refractivity contribution >= 4 is 23.6 Å². The van der Waals surface area contributed by atoms with Gasteiger partial charge in [-0.1, -0.05) is 47.5 Å². The van der Waals surface area contributed by atoms with Crippen LogP contribution < -0.4 is 10.6 Å². The van der Waals surface area contributed by atoms with E-state index in [9.17, 15) is 9.59 Å². The summed E-state index contributed by atoms with van der Waals surface area (Å²) < 4.78 is 0. The fraction of sp³-hybridized carbons (Fsp3) is 0.300. The van der Waals surface area contributed by atoms with E-state index in [4.69, 9.17) is 0 Å². The molecule has 132 valence electrons. The molecule has 0 aliphatic carbocycles. The number of amides is 2. The molecule has 2 aromatic rings. The van der Waals surface area contributed by atoms with Gasteiger partial charge in [-0.15, -0.1) is 11.8 Å². The van der Waals surface area contributed by atoms with Crippen molar-refractivity contribution in [2.45, 2.75) is 38.3 Å². The first kappa shape index (κ1) is 19.1. The van der Waals surface area contributed by atoms with Gasteiger partial charge in [-0.25, -0.2) is 0 Å². The third kappa shape index (κ3) is 6.63. The summed E-state index contributed by atoms with van der Waals surface area (Å²) in [5.74, 6) is 0.109. The average molecular weight is 356 g/mol. The zero-order valence-corrected chi connectivity index (χ0v) is 15.7. The zero-order chi connectivity index (χ0) is 18.2. The van der Waals surface area contributed by atoms with Gasteiger partial charge in [0.1, 0.15) is 6.04 Å². The van der Waals surface area contributed by atoms with E-state index in [0.717, 1.165) is 10.5 Å². The zero-order valence-electron chi connectivity index (χ0n) is 14.8. The van der Waals surface area contributed by atoms with Crippen LogP contribution in [0.5, 0.6) is 0 Å². The quantitative estimate of drug-likeness (QED) is 0.749. The second-order valence-electron chi connectivity index (χ2n) is 6.08. The van der Waals surface area contributed by atoms with Gasteiger partial charge in [-0.2, -0.15) is 0 Å². The lowest BCUT2D eigenvalue weighted by Gasteiger charge is -2.17. The van der Waals surface area contributed by atoms with E-state index in [0.29, 0.717) is 12.3 Å². The van der Waals surface area contributed by atoms with E-state index in [1.165, 1.54) is 18.1 Å². The number of carbonyl (C=O) groups is 2. The molecule has 5 heteroatoms. The first-order valence-corrected chi connectivity index (χ1v) is 9.22. The molecule has 0 aromatic heterocycles. The Morgan fingerprint density at radius 1 is 0.960 bits per heavy atom. The molecular weight excluding hydrogens is 332 g/mol. The van der Waals surface area contributed by atoms with E-state index < -0.39 is 6.04 Å². The molecule has 1 atom stereocenters. The van der Waals surface area contributed by atoms with Crippen molar-refractivity contribution in [3.63, 3.8) is 0 Å². The summed E-state index contributed by atoms with van der Waals surface area (Å²) in [7, 11) is 0. The molecule has 0 saturated carbocycles. The van der Waals surface area contributed by atoms with Gasteiger partial charge in [0.05, 0.1) is 0 Å². The second-order valence-corrected chi connectivity index (χ2v) is 7.17. The minimum atomic E-state index is -0.561. The number of thioether (sulfide) groups is 1. The number of hydrogen-bond donors (Lipinski definition) is 2. The van der Waals surface area contributed by atoms with Crippen LogP contribution in [0.1, 0.15) is 23.6 Å². The molecule has 0 spiro atoms. The highest BCUT2D eigenvalue weighted by Gasteiger charge is 2.19. The van der Waals surface area contributed by atoms with Gasteiger partial charge in [-0.05, 0) is 31.5 Å². The Kier molecular flexibility index (Phi) is 7.07. The van der Waals surface area contributed by atoms with Gasteiger partial charge in [0, 0.05) is 24.1 Å². The summed E-state index contributed by atoms with van der Waals surface area (Å²) in [6.45, 7) is 5.94. The number of carbonyl (C=O) groups excluding carboxylic acids is 2. The minimum Gasteiger partial charge on any atom is -0.350 e. The maximum absolute atomic E-state index is 12.5. The third-order valence-corrected chi connectivity index (χ3v) is 4.82. The normalized spacial score (nSPS) is 11.6. The van der Waals surface area contributed by atoms with Crippen molar-refractivity contribution < 1.29 is 9.59 Å². The van der Waals surface area contributed by atoms with Gasteiger partial charge in [0.15, 0.2) is 0 Å². The fourth-order valence-electron chi connectivity index (χ4n) is 2.26. The summed E-state index contributed by atoms with van der Waals surface area (Å²) in [6.07, 6.45) is 0. The van der Waals surface area contributed by atoms with Crippen molar-refractivity contribution in [1.82, 2.24) is 10.6 Å². The van der Waals surface area contributed by atoms with Crippen LogP contribution in [-0.4, -0.2) is 23.6 Å². The summed E-state index contributed by atoms with van der Waals surface area (Å²) in [5, 5.41) is 5.64. The third-order valence-electron chi connectivity index (χ3n) is 3.72. The van der Waals surface area contributed by atoms with Crippen molar-refractivity contribution in [2.75, 3.05) is 5.75 Å². The molecule has 0 aliphatic heterocycles. The van der Waals surface area contributed by atoms with E-state index >= 15 is 0 Å². The molecule has 2 N–H and O–H groups in total. The molecule has 2 rings (SSSR count). The summed E-state index contributed by atoms with van der Waals surface area (Å²) in [4.78, 5) is 25.0. The van der Waals surface area contributed by atoms with Crippen molar-refractivity contribution in [3.05, 3.63) is 65.2 Å². The van der Waals surface area contributed by atoms with Gasteiger partial charge in [0.25, 0.3) is 0 Å². The van der Waals surface area contributed by atoms with E-state index in [-0.39, 0.29) is 11.8 Å². The maximum Gasteiger partial charge on any atom is 0.243 e. The standard InChI is InChI=1S/C20H24N2O2S/c1-14-4-8-17(9-5-14)12-21-20(24)19(22-16(3)23)13-25-18-10-6-15(2)7-11-18/h4-11,19H,12-13H2,1-3H3,(H,21,24)(H,22,23). The van der Waals surface area contributed by atoms with Crippen molar-refractivity contribution in [2.24, 2.45) is 0 Å². The number of hydrogen-bond acceptors (Lipinski definition) is 3. The van der Waals surface area contributed by atoms with Gasteiger partial charge < -0.3 is 10.6 Å². The predicted molar refractivity (Wildman–Crippen MR) is 103 cm³/mol.